The maximum absolute atomic E-state index is 13.2. The number of methoxy groups -OCH3 is 1. The molecule has 5 atom stereocenters. The van der Waals surface area contributed by atoms with Gasteiger partial charge in [-0.05, 0) is 67.6 Å². The van der Waals surface area contributed by atoms with E-state index in [9.17, 15) is 4.79 Å². The minimum Gasteiger partial charge on any atom is -0.497 e. The van der Waals surface area contributed by atoms with E-state index in [4.69, 9.17) is 9.47 Å². The SMILES string of the molecule is CCC1CN2CCC1C[C@H]2[C@H](OC(=O)c1ccccc1)c1ccnc2ccc(OC)cc12. The molecule has 3 fully saturated rings. The van der Waals surface area contributed by atoms with Crippen molar-refractivity contribution < 1.29 is 14.3 Å². The Morgan fingerprint density at radius 2 is 2.03 bits per heavy atom. The molecule has 3 unspecified atom stereocenters. The van der Waals surface area contributed by atoms with Crippen LogP contribution in [0.1, 0.15) is 48.2 Å². The third-order valence-electron chi connectivity index (χ3n) is 7.34. The Morgan fingerprint density at radius 3 is 2.75 bits per heavy atom. The standard InChI is InChI=1S/C27H30N2O3/c1-3-18-17-29-14-12-20(18)15-25(29)26(32-27(30)19-7-5-4-6-8-19)22-11-13-28-24-10-9-21(31-2)16-23(22)24/h4-11,13,16,18,20,25-26H,3,12,14-15,17H2,1-2H3/t18?,20?,25-,26+/m0/s1. The van der Waals surface area contributed by atoms with Crippen molar-refractivity contribution in [3.05, 3.63) is 71.9 Å². The molecule has 3 saturated heterocycles. The lowest BCUT2D eigenvalue weighted by Gasteiger charge is -2.51. The number of rotatable bonds is 6. The highest BCUT2D eigenvalue weighted by molar-refractivity contribution is 5.90. The van der Waals surface area contributed by atoms with E-state index in [1.807, 2.05) is 60.8 Å². The zero-order chi connectivity index (χ0) is 22.1. The van der Waals surface area contributed by atoms with Gasteiger partial charge in [0.1, 0.15) is 11.9 Å². The van der Waals surface area contributed by atoms with E-state index in [1.165, 1.54) is 12.8 Å². The van der Waals surface area contributed by atoms with Gasteiger partial charge < -0.3 is 9.47 Å². The number of pyridine rings is 1. The first kappa shape index (κ1) is 21.0. The molecule has 0 aliphatic carbocycles. The minimum absolute atomic E-state index is 0.168. The fourth-order valence-corrected chi connectivity index (χ4v) is 5.59. The van der Waals surface area contributed by atoms with Gasteiger partial charge in [0.15, 0.2) is 0 Å². The topological polar surface area (TPSA) is 51.7 Å². The molecule has 3 aliphatic rings. The van der Waals surface area contributed by atoms with Crippen molar-refractivity contribution in [3.63, 3.8) is 0 Å². The van der Waals surface area contributed by atoms with E-state index in [2.05, 4.69) is 16.8 Å². The monoisotopic (exact) mass is 430 g/mol. The fourth-order valence-electron chi connectivity index (χ4n) is 5.59. The van der Waals surface area contributed by atoms with E-state index < -0.39 is 0 Å². The van der Waals surface area contributed by atoms with Gasteiger partial charge in [-0.2, -0.15) is 0 Å². The molecular weight excluding hydrogens is 400 g/mol. The van der Waals surface area contributed by atoms with Crippen LogP contribution >= 0.6 is 0 Å². The number of hydrogen-bond donors (Lipinski definition) is 0. The number of carbonyl (C=O) groups excluding carboxylic acids is 1. The fraction of sp³-hybridized carbons (Fsp3) is 0.407. The molecule has 6 rings (SSSR count). The first-order valence-corrected chi connectivity index (χ1v) is 11.6. The molecule has 2 aromatic carbocycles. The molecule has 166 valence electrons. The van der Waals surface area contributed by atoms with Crippen molar-refractivity contribution in [1.82, 2.24) is 9.88 Å². The van der Waals surface area contributed by atoms with Crippen LogP contribution in [0.5, 0.6) is 5.75 Å². The van der Waals surface area contributed by atoms with Crippen molar-refractivity contribution >= 4 is 16.9 Å². The molecular formula is C27H30N2O3. The number of ether oxygens (including phenoxy) is 2. The second-order valence-electron chi connectivity index (χ2n) is 8.99. The van der Waals surface area contributed by atoms with Gasteiger partial charge in [0.25, 0.3) is 0 Å². The Labute approximate surface area is 189 Å². The van der Waals surface area contributed by atoms with Crippen LogP contribution in [0.4, 0.5) is 0 Å². The molecule has 0 radical (unpaired) electrons. The molecule has 5 heteroatoms. The largest absolute Gasteiger partial charge is 0.497 e. The van der Waals surface area contributed by atoms with Crippen LogP contribution in [0.15, 0.2) is 60.8 Å². The summed E-state index contributed by atoms with van der Waals surface area (Å²) in [6, 6.07) is 17.3. The van der Waals surface area contributed by atoms with Gasteiger partial charge in [-0.25, -0.2) is 4.79 Å². The normalized spacial score (nSPS) is 25.4. The number of hydrogen-bond acceptors (Lipinski definition) is 5. The van der Waals surface area contributed by atoms with Crippen molar-refractivity contribution in [2.45, 2.75) is 38.3 Å². The summed E-state index contributed by atoms with van der Waals surface area (Å²) >= 11 is 0. The van der Waals surface area contributed by atoms with E-state index in [0.717, 1.165) is 47.6 Å². The van der Waals surface area contributed by atoms with Gasteiger partial charge in [-0.3, -0.25) is 9.88 Å². The van der Waals surface area contributed by atoms with Crippen LogP contribution in [0.2, 0.25) is 0 Å². The number of aromatic nitrogens is 1. The first-order valence-electron chi connectivity index (χ1n) is 11.6. The van der Waals surface area contributed by atoms with Gasteiger partial charge in [0, 0.05) is 23.7 Å². The lowest BCUT2D eigenvalue weighted by molar-refractivity contribution is -0.0659. The molecule has 0 amide bonds. The molecule has 0 spiro atoms. The highest BCUT2D eigenvalue weighted by Gasteiger charge is 2.44. The van der Waals surface area contributed by atoms with Crippen LogP contribution in [-0.4, -0.2) is 42.1 Å². The smallest absolute Gasteiger partial charge is 0.338 e. The van der Waals surface area contributed by atoms with Crippen LogP contribution in [0.3, 0.4) is 0 Å². The predicted molar refractivity (Wildman–Crippen MR) is 125 cm³/mol. The molecule has 32 heavy (non-hydrogen) atoms. The Morgan fingerprint density at radius 1 is 1.19 bits per heavy atom. The van der Waals surface area contributed by atoms with Gasteiger partial charge in [0.2, 0.25) is 0 Å². The summed E-state index contributed by atoms with van der Waals surface area (Å²) in [7, 11) is 1.67. The zero-order valence-corrected chi connectivity index (χ0v) is 18.7. The second-order valence-corrected chi connectivity index (χ2v) is 8.99. The quantitative estimate of drug-likeness (QED) is 0.499. The third-order valence-corrected chi connectivity index (χ3v) is 7.34. The number of esters is 1. The minimum atomic E-state index is -0.360. The highest BCUT2D eigenvalue weighted by atomic mass is 16.5. The maximum Gasteiger partial charge on any atom is 0.338 e. The summed E-state index contributed by atoms with van der Waals surface area (Å²) in [5.74, 6) is 1.92. The highest BCUT2D eigenvalue weighted by Crippen LogP contribution is 2.44. The summed E-state index contributed by atoms with van der Waals surface area (Å²) in [5, 5.41) is 0.979. The molecule has 0 N–H and O–H groups in total. The summed E-state index contributed by atoms with van der Waals surface area (Å²) in [5.41, 5.74) is 2.46. The Hall–Kier alpha value is -2.92. The maximum atomic E-state index is 13.2. The van der Waals surface area contributed by atoms with E-state index in [-0.39, 0.29) is 18.1 Å². The van der Waals surface area contributed by atoms with Gasteiger partial charge in [-0.15, -0.1) is 0 Å². The van der Waals surface area contributed by atoms with Crippen LogP contribution in [0.25, 0.3) is 10.9 Å². The molecule has 3 aromatic rings. The van der Waals surface area contributed by atoms with Gasteiger partial charge in [-0.1, -0.05) is 31.5 Å². The van der Waals surface area contributed by atoms with E-state index in [0.29, 0.717) is 11.5 Å². The van der Waals surface area contributed by atoms with Crippen LogP contribution in [0, 0.1) is 11.8 Å². The zero-order valence-electron chi connectivity index (χ0n) is 18.7. The van der Waals surface area contributed by atoms with Crippen molar-refractivity contribution in [2.24, 2.45) is 11.8 Å². The Balaban J connectivity index is 1.56. The number of benzene rings is 2. The van der Waals surface area contributed by atoms with Crippen molar-refractivity contribution in [3.8, 4) is 5.75 Å². The number of fused-ring (bicyclic) bond motifs is 4. The summed E-state index contributed by atoms with van der Waals surface area (Å²) in [6.07, 6.45) is 4.95. The summed E-state index contributed by atoms with van der Waals surface area (Å²) in [6.45, 7) is 4.44. The van der Waals surface area contributed by atoms with Gasteiger partial charge >= 0.3 is 5.97 Å². The molecule has 0 saturated carbocycles. The molecule has 5 nitrogen and oxygen atoms in total. The number of piperidine rings is 3. The third kappa shape index (κ3) is 3.86. The van der Waals surface area contributed by atoms with Gasteiger partial charge in [0.05, 0.1) is 24.2 Å². The lowest BCUT2D eigenvalue weighted by atomic mass is 9.72. The van der Waals surface area contributed by atoms with Crippen LogP contribution < -0.4 is 4.74 Å². The van der Waals surface area contributed by atoms with Crippen LogP contribution in [-0.2, 0) is 4.74 Å². The molecule has 4 heterocycles. The Kier molecular flexibility index (Phi) is 5.83. The average molecular weight is 431 g/mol. The van der Waals surface area contributed by atoms with Crippen molar-refractivity contribution in [2.75, 3.05) is 20.2 Å². The molecule has 3 aliphatic heterocycles. The molecule has 1 aromatic heterocycles. The first-order chi connectivity index (χ1) is 15.7. The molecule has 2 bridgehead atoms. The number of carbonyl (C=O) groups is 1. The number of nitrogens with zero attached hydrogens (tertiary/aromatic N) is 2. The lowest BCUT2D eigenvalue weighted by Crippen LogP contribution is -2.55. The average Bonchev–Trinajstić information content (AvgIpc) is 2.87. The van der Waals surface area contributed by atoms with Crippen molar-refractivity contribution in [1.29, 1.82) is 0 Å². The second kappa shape index (κ2) is 8.91. The van der Waals surface area contributed by atoms with E-state index >= 15 is 0 Å². The Bertz CT molecular complexity index is 1100. The van der Waals surface area contributed by atoms with E-state index in [1.54, 1.807) is 7.11 Å². The predicted octanol–water partition coefficient (Wildman–Crippen LogP) is 5.26. The summed E-state index contributed by atoms with van der Waals surface area (Å²) in [4.78, 5) is 20.3. The summed E-state index contributed by atoms with van der Waals surface area (Å²) < 4.78 is 11.8.